The van der Waals surface area contributed by atoms with Crippen LogP contribution in [0.1, 0.15) is 32.8 Å². The zero-order valence-corrected chi connectivity index (χ0v) is 18.6. The van der Waals surface area contributed by atoms with Crippen molar-refractivity contribution >= 4 is 51.2 Å². The monoisotopic (exact) mass is 482 g/mol. The van der Waals surface area contributed by atoms with Gasteiger partial charge in [0.2, 0.25) is 5.44 Å². The Balaban J connectivity index is 2.25. The molecule has 0 saturated heterocycles. The van der Waals surface area contributed by atoms with E-state index in [-0.39, 0.29) is 5.91 Å². The molecule has 2 atom stereocenters. The van der Waals surface area contributed by atoms with Gasteiger partial charge in [-0.3, -0.25) is 9.78 Å². The van der Waals surface area contributed by atoms with Crippen LogP contribution in [0.4, 0.5) is 0 Å². The number of ether oxygens (including phenoxy) is 1. The molecule has 26 heavy (non-hydrogen) atoms. The SMILES string of the molecule is CC#CC(C)(CC)NC(=O)C(Oc1cc(C)c2ncc(I)cc2c1)SC. The van der Waals surface area contributed by atoms with Crippen LogP contribution in [0.5, 0.6) is 5.75 Å². The van der Waals surface area contributed by atoms with E-state index in [1.165, 1.54) is 11.8 Å². The summed E-state index contributed by atoms with van der Waals surface area (Å²) in [4.78, 5) is 17.2. The van der Waals surface area contributed by atoms with E-state index in [4.69, 9.17) is 4.74 Å². The molecule has 0 fully saturated rings. The van der Waals surface area contributed by atoms with Gasteiger partial charge in [-0.2, -0.15) is 0 Å². The maximum atomic E-state index is 12.7. The number of nitrogens with one attached hydrogen (secondary N) is 1. The molecular formula is C20H23IN2O2S. The Morgan fingerprint density at radius 3 is 2.81 bits per heavy atom. The summed E-state index contributed by atoms with van der Waals surface area (Å²) in [5.41, 5.74) is 0.763. The third-order valence-electron chi connectivity index (χ3n) is 4.09. The lowest BCUT2D eigenvalue weighted by atomic mass is 10.00. The van der Waals surface area contributed by atoms with Crippen LogP contribution in [0, 0.1) is 22.3 Å². The number of amides is 1. The summed E-state index contributed by atoms with van der Waals surface area (Å²) in [6.07, 6.45) is 4.42. The number of carbonyl (C=O) groups excluding carboxylic acids is 1. The molecule has 2 unspecified atom stereocenters. The first-order valence-corrected chi connectivity index (χ1v) is 10.7. The van der Waals surface area contributed by atoms with Gasteiger partial charge in [-0.15, -0.1) is 17.7 Å². The van der Waals surface area contributed by atoms with E-state index in [9.17, 15) is 4.79 Å². The van der Waals surface area contributed by atoms with Crippen LogP contribution in [0.2, 0.25) is 0 Å². The van der Waals surface area contributed by atoms with Gasteiger partial charge < -0.3 is 10.1 Å². The van der Waals surface area contributed by atoms with E-state index in [0.29, 0.717) is 5.75 Å². The van der Waals surface area contributed by atoms with Crippen LogP contribution in [-0.4, -0.2) is 28.1 Å². The summed E-state index contributed by atoms with van der Waals surface area (Å²) in [7, 11) is 0. The van der Waals surface area contributed by atoms with E-state index < -0.39 is 11.0 Å². The molecule has 0 radical (unpaired) electrons. The van der Waals surface area contributed by atoms with Gasteiger partial charge in [-0.05, 0) is 79.8 Å². The number of fused-ring (bicyclic) bond motifs is 1. The third-order valence-corrected chi connectivity index (χ3v) is 5.42. The van der Waals surface area contributed by atoms with Crippen LogP contribution in [0.25, 0.3) is 10.9 Å². The van der Waals surface area contributed by atoms with Crippen molar-refractivity contribution in [2.75, 3.05) is 6.26 Å². The molecule has 0 aliphatic carbocycles. The van der Waals surface area contributed by atoms with E-state index in [0.717, 1.165) is 26.5 Å². The molecule has 1 aromatic heterocycles. The number of rotatable bonds is 6. The number of nitrogens with zero attached hydrogens (tertiary/aromatic N) is 1. The largest absolute Gasteiger partial charge is 0.470 e. The van der Waals surface area contributed by atoms with Crippen molar-refractivity contribution in [3.8, 4) is 17.6 Å². The average Bonchev–Trinajstić information content (AvgIpc) is 2.59. The van der Waals surface area contributed by atoms with Crippen molar-refractivity contribution in [1.82, 2.24) is 10.3 Å². The van der Waals surface area contributed by atoms with Gasteiger partial charge in [0.25, 0.3) is 5.91 Å². The van der Waals surface area contributed by atoms with Gasteiger partial charge in [0.05, 0.1) is 11.1 Å². The zero-order chi connectivity index (χ0) is 19.3. The van der Waals surface area contributed by atoms with Crippen molar-refractivity contribution in [2.45, 2.75) is 45.1 Å². The minimum atomic E-state index is -0.646. The fourth-order valence-corrected chi connectivity index (χ4v) is 3.54. The minimum absolute atomic E-state index is 0.178. The maximum absolute atomic E-state index is 12.7. The molecule has 0 aliphatic heterocycles. The third kappa shape index (κ3) is 5.04. The summed E-state index contributed by atoms with van der Waals surface area (Å²) in [5, 5.41) is 4.01. The van der Waals surface area contributed by atoms with Crippen LogP contribution in [-0.2, 0) is 4.79 Å². The first-order chi connectivity index (χ1) is 12.3. The fraction of sp³-hybridized carbons (Fsp3) is 0.400. The lowest BCUT2D eigenvalue weighted by Crippen LogP contribution is -2.49. The molecule has 4 nitrogen and oxygen atoms in total. The second-order valence-electron chi connectivity index (χ2n) is 6.20. The molecule has 1 N–H and O–H groups in total. The Morgan fingerprint density at radius 2 is 2.19 bits per heavy atom. The predicted octanol–water partition coefficient (Wildman–Crippen LogP) is 4.52. The Labute approximate surface area is 173 Å². The summed E-state index contributed by atoms with van der Waals surface area (Å²) in [6, 6.07) is 5.91. The lowest BCUT2D eigenvalue weighted by molar-refractivity contribution is -0.125. The molecule has 1 aromatic carbocycles. The van der Waals surface area contributed by atoms with Gasteiger partial charge in [0.1, 0.15) is 5.75 Å². The Kier molecular flexibility index (Phi) is 7.18. The number of hydrogen-bond acceptors (Lipinski definition) is 4. The van der Waals surface area contributed by atoms with E-state index in [2.05, 4.69) is 50.8 Å². The van der Waals surface area contributed by atoms with E-state index in [1.54, 1.807) is 6.92 Å². The second-order valence-corrected chi connectivity index (χ2v) is 8.35. The van der Waals surface area contributed by atoms with Gasteiger partial charge in [-0.1, -0.05) is 12.8 Å². The Bertz CT molecular complexity index is 875. The molecule has 1 amide bonds. The number of aryl methyl sites for hydroxylation is 1. The molecule has 138 valence electrons. The molecule has 1 heterocycles. The number of halogens is 1. The van der Waals surface area contributed by atoms with Crippen LogP contribution < -0.4 is 10.1 Å². The highest BCUT2D eigenvalue weighted by Crippen LogP contribution is 2.27. The van der Waals surface area contributed by atoms with Crippen LogP contribution >= 0.6 is 34.4 Å². The second kappa shape index (κ2) is 8.96. The minimum Gasteiger partial charge on any atom is -0.470 e. The molecule has 0 saturated carbocycles. The molecular weight excluding hydrogens is 459 g/mol. The Morgan fingerprint density at radius 1 is 1.46 bits per heavy atom. The first kappa shape index (κ1) is 20.8. The quantitative estimate of drug-likeness (QED) is 0.374. The molecule has 0 spiro atoms. The van der Waals surface area contributed by atoms with Crippen molar-refractivity contribution in [3.05, 3.63) is 33.5 Å². The molecule has 2 aromatic rings. The van der Waals surface area contributed by atoms with Crippen molar-refractivity contribution in [3.63, 3.8) is 0 Å². The van der Waals surface area contributed by atoms with Gasteiger partial charge in [0, 0.05) is 15.2 Å². The normalized spacial score (nSPS) is 14.1. The maximum Gasteiger partial charge on any atom is 0.272 e. The average molecular weight is 482 g/mol. The number of aromatic nitrogens is 1. The topological polar surface area (TPSA) is 51.2 Å². The predicted molar refractivity (Wildman–Crippen MR) is 117 cm³/mol. The summed E-state index contributed by atoms with van der Waals surface area (Å²) in [6.45, 7) is 7.69. The Hall–Kier alpha value is -1.46. The molecule has 6 heteroatoms. The summed E-state index contributed by atoms with van der Waals surface area (Å²) < 4.78 is 7.05. The smallest absolute Gasteiger partial charge is 0.272 e. The lowest BCUT2D eigenvalue weighted by Gasteiger charge is -2.26. The fourth-order valence-electron chi connectivity index (χ4n) is 2.59. The summed E-state index contributed by atoms with van der Waals surface area (Å²) in [5.74, 6) is 6.43. The van der Waals surface area contributed by atoms with Gasteiger partial charge >= 0.3 is 0 Å². The molecule has 2 rings (SSSR count). The highest BCUT2D eigenvalue weighted by Gasteiger charge is 2.27. The van der Waals surface area contributed by atoms with E-state index in [1.807, 2.05) is 45.4 Å². The van der Waals surface area contributed by atoms with Gasteiger partial charge in [-0.25, -0.2) is 0 Å². The zero-order valence-electron chi connectivity index (χ0n) is 15.6. The number of pyridine rings is 1. The number of carbonyl (C=O) groups is 1. The standard InChI is InChI=1S/C20H23IN2O2S/c1-6-8-20(4,7-2)23-18(24)19(26-5)25-16-9-13(3)17-14(11-16)10-15(21)12-22-17/h9-12,19H,7H2,1-5H3,(H,23,24). The highest BCUT2D eigenvalue weighted by molar-refractivity contribution is 14.1. The van der Waals surface area contributed by atoms with Crippen molar-refractivity contribution in [2.24, 2.45) is 0 Å². The van der Waals surface area contributed by atoms with Crippen LogP contribution in [0.3, 0.4) is 0 Å². The number of hydrogen-bond donors (Lipinski definition) is 1. The first-order valence-electron chi connectivity index (χ1n) is 8.33. The summed E-state index contributed by atoms with van der Waals surface area (Å²) >= 11 is 3.59. The van der Waals surface area contributed by atoms with E-state index >= 15 is 0 Å². The number of thioether (sulfide) groups is 1. The molecule has 0 aliphatic rings. The highest BCUT2D eigenvalue weighted by atomic mass is 127. The van der Waals surface area contributed by atoms with Gasteiger partial charge in [0.15, 0.2) is 0 Å². The molecule has 0 bridgehead atoms. The van der Waals surface area contributed by atoms with Crippen LogP contribution in [0.15, 0.2) is 24.4 Å². The van der Waals surface area contributed by atoms with Crippen molar-refractivity contribution < 1.29 is 9.53 Å². The number of benzene rings is 1. The van der Waals surface area contributed by atoms with Crippen molar-refractivity contribution in [1.29, 1.82) is 0 Å².